The zero-order chi connectivity index (χ0) is 13.9. The Hall–Kier alpha value is -2.03. The minimum absolute atomic E-state index is 0.588. The fourth-order valence-electron chi connectivity index (χ4n) is 2.33. The van der Waals surface area contributed by atoms with Gasteiger partial charge in [-0.1, -0.05) is 30.3 Å². The monoisotopic (exact) mass is 285 g/mol. The van der Waals surface area contributed by atoms with Gasteiger partial charge in [-0.2, -0.15) is 5.26 Å². The standard InChI is InChI=1S/C15H15N3OS/c16-10-12-13(17)14(11-4-2-1-3-5-11)20-15(12)18-6-8-19-9-7-18/h1-5H,6-9,17H2. The van der Waals surface area contributed by atoms with Crippen LogP contribution in [0.1, 0.15) is 5.56 Å². The number of nitrogens with zero attached hydrogens (tertiary/aromatic N) is 2. The van der Waals surface area contributed by atoms with Crippen LogP contribution in [0.2, 0.25) is 0 Å². The van der Waals surface area contributed by atoms with E-state index in [-0.39, 0.29) is 0 Å². The molecule has 0 amide bonds. The SMILES string of the molecule is N#Cc1c(N2CCOCC2)sc(-c2ccccc2)c1N. The molecule has 0 radical (unpaired) electrons. The first-order valence-electron chi connectivity index (χ1n) is 6.51. The van der Waals surface area contributed by atoms with Crippen LogP contribution in [0.25, 0.3) is 10.4 Å². The van der Waals surface area contributed by atoms with Crippen LogP contribution in [0.5, 0.6) is 0 Å². The number of nitrogen functional groups attached to an aromatic ring is 1. The second-order valence-electron chi connectivity index (χ2n) is 4.60. The average Bonchev–Trinajstić information content (AvgIpc) is 2.86. The first-order chi connectivity index (χ1) is 9.81. The summed E-state index contributed by atoms with van der Waals surface area (Å²) in [4.78, 5) is 3.17. The predicted octanol–water partition coefficient (Wildman–Crippen LogP) is 2.71. The smallest absolute Gasteiger partial charge is 0.112 e. The normalized spacial score (nSPS) is 15.1. The maximum absolute atomic E-state index is 9.41. The van der Waals surface area contributed by atoms with E-state index in [1.807, 2.05) is 30.3 Å². The Balaban J connectivity index is 2.05. The molecule has 3 rings (SSSR count). The van der Waals surface area contributed by atoms with Gasteiger partial charge < -0.3 is 15.4 Å². The van der Waals surface area contributed by atoms with Crippen molar-refractivity contribution < 1.29 is 4.74 Å². The minimum atomic E-state index is 0.588. The molecule has 0 aliphatic carbocycles. The van der Waals surface area contributed by atoms with Gasteiger partial charge in [0.05, 0.1) is 23.8 Å². The molecule has 1 aliphatic rings. The number of nitriles is 1. The van der Waals surface area contributed by atoms with Crippen molar-refractivity contribution in [2.45, 2.75) is 0 Å². The van der Waals surface area contributed by atoms with E-state index in [4.69, 9.17) is 10.5 Å². The largest absolute Gasteiger partial charge is 0.396 e. The molecule has 1 aliphatic heterocycles. The number of morpholine rings is 1. The van der Waals surface area contributed by atoms with Crippen LogP contribution in [-0.2, 0) is 4.74 Å². The Morgan fingerprint density at radius 3 is 2.55 bits per heavy atom. The van der Waals surface area contributed by atoms with Crippen LogP contribution in [0.4, 0.5) is 10.7 Å². The fourth-order valence-corrected chi connectivity index (χ4v) is 3.56. The van der Waals surface area contributed by atoms with Crippen LogP contribution in [0.15, 0.2) is 30.3 Å². The summed E-state index contributed by atoms with van der Waals surface area (Å²) < 4.78 is 5.37. The number of nitrogens with two attached hydrogens (primary N) is 1. The Labute approximate surface area is 122 Å². The number of hydrogen-bond donors (Lipinski definition) is 1. The molecule has 0 saturated carbocycles. The maximum atomic E-state index is 9.41. The second kappa shape index (κ2) is 5.53. The van der Waals surface area contributed by atoms with Gasteiger partial charge in [0, 0.05) is 13.1 Å². The van der Waals surface area contributed by atoms with Crippen molar-refractivity contribution >= 4 is 22.0 Å². The number of ether oxygens (including phenoxy) is 1. The Morgan fingerprint density at radius 2 is 1.90 bits per heavy atom. The lowest BCUT2D eigenvalue weighted by Crippen LogP contribution is -2.36. The van der Waals surface area contributed by atoms with Crippen molar-refractivity contribution in [3.05, 3.63) is 35.9 Å². The van der Waals surface area contributed by atoms with E-state index < -0.39 is 0 Å². The maximum Gasteiger partial charge on any atom is 0.112 e. The van der Waals surface area contributed by atoms with Gasteiger partial charge in [0.2, 0.25) is 0 Å². The molecule has 0 atom stereocenters. The molecular formula is C15H15N3OS. The summed E-state index contributed by atoms with van der Waals surface area (Å²) in [5.41, 5.74) is 8.43. The topological polar surface area (TPSA) is 62.3 Å². The van der Waals surface area contributed by atoms with Gasteiger partial charge in [0.15, 0.2) is 0 Å². The third-order valence-electron chi connectivity index (χ3n) is 3.37. The number of anilines is 2. The van der Waals surface area contributed by atoms with Crippen LogP contribution < -0.4 is 10.6 Å². The number of hydrogen-bond acceptors (Lipinski definition) is 5. The molecule has 0 unspecified atom stereocenters. The van der Waals surface area contributed by atoms with Gasteiger partial charge in [-0.15, -0.1) is 11.3 Å². The van der Waals surface area contributed by atoms with Crippen molar-refractivity contribution in [3.63, 3.8) is 0 Å². The average molecular weight is 285 g/mol. The fraction of sp³-hybridized carbons (Fsp3) is 0.267. The molecule has 0 spiro atoms. The summed E-state index contributed by atoms with van der Waals surface area (Å²) in [5.74, 6) is 0. The van der Waals surface area contributed by atoms with Crippen LogP contribution in [0.3, 0.4) is 0 Å². The lowest BCUT2D eigenvalue weighted by atomic mass is 10.1. The zero-order valence-corrected chi connectivity index (χ0v) is 11.8. The molecule has 1 saturated heterocycles. The predicted molar refractivity (Wildman–Crippen MR) is 81.9 cm³/mol. The highest BCUT2D eigenvalue weighted by molar-refractivity contribution is 7.20. The number of benzene rings is 1. The van der Waals surface area contributed by atoms with E-state index in [2.05, 4.69) is 11.0 Å². The molecule has 4 nitrogen and oxygen atoms in total. The lowest BCUT2D eigenvalue weighted by molar-refractivity contribution is 0.123. The molecule has 2 heterocycles. The minimum Gasteiger partial charge on any atom is -0.396 e. The van der Waals surface area contributed by atoms with Gasteiger partial charge in [-0.3, -0.25) is 0 Å². The van der Waals surface area contributed by atoms with Gasteiger partial charge in [0.1, 0.15) is 16.6 Å². The molecule has 20 heavy (non-hydrogen) atoms. The van der Waals surface area contributed by atoms with E-state index in [9.17, 15) is 5.26 Å². The zero-order valence-electron chi connectivity index (χ0n) is 11.0. The highest BCUT2D eigenvalue weighted by atomic mass is 32.1. The molecule has 1 fully saturated rings. The molecule has 102 valence electrons. The van der Waals surface area contributed by atoms with Gasteiger partial charge >= 0.3 is 0 Å². The van der Waals surface area contributed by atoms with Crippen molar-refractivity contribution in [2.24, 2.45) is 0 Å². The summed E-state index contributed by atoms with van der Waals surface area (Å²) in [5, 5.41) is 10.4. The molecule has 1 aromatic heterocycles. The third kappa shape index (κ3) is 2.24. The van der Waals surface area contributed by atoms with Crippen molar-refractivity contribution in [3.8, 4) is 16.5 Å². The highest BCUT2D eigenvalue weighted by Gasteiger charge is 2.22. The number of rotatable bonds is 2. The summed E-state index contributed by atoms with van der Waals surface area (Å²) in [7, 11) is 0. The van der Waals surface area contributed by atoms with Gasteiger partial charge in [-0.05, 0) is 5.56 Å². The van der Waals surface area contributed by atoms with E-state index in [0.717, 1.165) is 28.5 Å². The Kier molecular flexibility index (Phi) is 3.59. The first-order valence-corrected chi connectivity index (χ1v) is 7.33. The highest BCUT2D eigenvalue weighted by Crippen LogP contribution is 2.43. The third-order valence-corrected chi connectivity index (χ3v) is 4.69. The Morgan fingerprint density at radius 1 is 1.20 bits per heavy atom. The first kappa shape index (κ1) is 13.0. The van der Waals surface area contributed by atoms with Gasteiger partial charge in [0.25, 0.3) is 0 Å². The molecule has 5 heteroatoms. The number of thiophene rings is 1. The van der Waals surface area contributed by atoms with E-state index in [1.165, 1.54) is 0 Å². The second-order valence-corrected chi connectivity index (χ2v) is 5.60. The quantitative estimate of drug-likeness (QED) is 0.921. The summed E-state index contributed by atoms with van der Waals surface area (Å²) in [6.07, 6.45) is 0. The molecular weight excluding hydrogens is 270 g/mol. The van der Waals surface area contributed by atoms with Crippen molar-refractivity contribution in [2.75, 3.05) is 36.9 Å². The van der Waals surface area contributed by atoms with E-state index >= 15 is 0 Å². The van der Waals surface area contributed by atoms with E-state index in [0.29, 0.717) is 24.5 Å². The van der Waals surface area contributed by atoms with Crippen LogP contribution >= 0.6 is 11.3 Å². The van der Waals surface area contributed by atoms with Crippen LogP contribution in [0, 0.1) is 11.3 Å². The van der Waals surface area contributed by atoms with Crippen molar-refractivity contribution in [1.82, 2.24) is 0 Å². The Bertz CT molecular complexity index is 639. The molecule has 2 N–H and O–H groups in total. The summed E-state index contributed by atoms with van der Waals surface area (Å²) in [6.45, 7) is 3.01. The van der Waals surface area contributed by atoms with E-state index in [1.54, 1.807) is 11.3 Å². The lowest BCUT2D eigenvalue weighted by Gasteiger charge is -2.27. The molecule has 1 aromatic carbocycles. The van der Waals surface area contributed by atoms with Crippen molar-refractivity contribution in [1.29, 1.82) is 5.26 Å². The molecule has 2 aromatic rings. The molecule has 0 bridgehead atoms. The van der Waals surface area contributed by atoms with Crippen LogP contribution in [-0.4, -0.2) is 26.3 Å². The van der Waals surface area contributed by atoms with Gasteiger partial charge in [-0.25, -0.2) is 0 Å². The summed E-state index contributed by atoms with van der Waals surface area (Å²) >= 11 is 1.59. The summed E-state index contributed by atoms with van der Waals surface area (Å²) in [6, 6.07) is 12.2.